The molecule has 0 saturated heterocycles. The van der Waals surface area contributed by atoms with E-state index in [2.05, 4.69) is 14.8 Å². The maximum absolute atomic E-state index is 9.84. The first-order valence-electron chi connectivity index (χ1n) is 6.86. The van der Waals surface area contributed by atoms with Crippen molar-refractivity contribution in [2.75, 3.05) is 5.73 Å². The van der Waals surface area contributed by atoms with Gasteiger partial charge in [-0.15, -0.1) is 10.2 Å². The van der Waals surface area contributed by atoms with Gasteiger partial charge in [0.05, 0.1) is 0 Å². The molecule has 6 heteroatoms. The summed E-state index contributed by atoms with van der Waals surface area (Å²) >= 11 is 1.60. The Morgan fingerprint density at radius 2 is 2.15 bits per heavy atom. The number of nitrogen functional groups attached to an aromatic ring is 1. The topological polar surface area (TPSA) is 77.0 Å². The molecule has 1 aliphatic rings. The number of anilines is 1. The molecule has 0 amide bonds. The molecule has 0 spiro atoms. The summed E-state index contributed by atoms with van der Waals surface area (Å²) in [5.41, 5.74) is 7.25. The molecule has 1 aliphatic heterocycles. The molecular weight excluding hydrogens is 272 g/mol. The minimum atomic E-state index is 0.280. The highest BCUT2D eigenvalue weighted by Gasteiger charge is 2.15. The van der Waals surface area contributed by atoms with Crippen LogP contribution in [0.2, 0.25) is 0 Å². The molecule has 2 heterocycles. The normalized spacial score (nSPS) is 14.8. The third-order valence-corrected chi connectivity index (χ3v) is 4.55. The summed E-state index contributed by atoms with van der Waals surface area (Å²) in [5.74, 6) is 2.01. The summed E-state index contributed by atoms with van der Waals surface area (Å²) in [6.07, 6.45) is 4.64. The van der Waals surface area contributed by atoms with Gasteiger partial charge in [-0.3, -0.25) is 0 Å². The maximum Gasteiger partial charge on any atom is 0.191 e. The van der Waals surface area contributed by atoms with E-state index < -0.39 is 0 Å². The van der Waals surface area contributed by atoms with Crippen LogP contribution < -0.4 is 5.73 Å². The van der Waals surface area contributed by atoms with Crippen molar-refractivity contribution >= 4 is 17.4 Å². The second-order valence-electron chi connectivity index (χ2n) is 5.04. The van der Waals surface area contributed by atoms with Crippen LogP contribution in [0.1, 0.15) is 30.7 Å². The fourth-order valence-electron chi connectivity index (χ4n) is 2.43. The average Bonchev–Trinajstić information content (AvgIpc) is 2.68. The van der Waals surface area contributed by atoms with E-state index in [9.17, 15) is 5.11 Å². The predicted octanol–water partition coefficient (Wildman–Crippen LogP) is 2.58. The molecule has 2 aromatic rings. The third-order valence-electron chi connectivity index (χ3n) is 3.54. The van der Waals surface area contributed by atoms with Gasteiger partial charge in [-0.25, -0.2) is 0 Å². The number of benzene rings is 1. The van der Waals surface area contributed by atoms with Gasteiger partial charge in [0.15, 0.2) is 5.16 Å². The van der Waals surface area contributed by atoms with E-state index >= 15 is 0 Å². The fraction of sp³-hybridized carbons (Fsp3) is 0.429. The molecule has 0 bridgehead atoms. The number of aromatic hydroxyl groups is 1. The van der Waals surface area contributed by atoms with Crippen LogP contribution in [-0.4, -0.2) is 19.9 Å². The number of nitrogens with two attached hydrogens (primary N) is 1. The van der Waals surface area contributed by atoms with Crippen LogP contribution in [0.25, 0.3) is 0 Å². The number of hydrogen-bond acceptors (Lipinski definition) is 5. The van der Waals surface area contributed by atoms with Gasteiger partial charge in [-0.2, -0.15) is 0 Å². The molecule has 0 fully saturated rings. The van der Waals surface area contributed by atoms with Crippen LogP contribution in [0.4, 0.5) is 5.69 Å². The van der Waals surface area contributed by atoms with Crippen molar-refractivity contribution < 1.29 is 5.11 Å². The van der Waals surface area contributed by atoms with Gasteiger partial charge in [-0.05, 0) is 31.0 Å². The van der Waals surface area contributed by atoms with Crippen LogP contribution in [0.15, 0.2) is 23.4 Å². The van der Waals surface area contributed by atoms with Crippen molar-refractivity contribution in [2.45, 2.75) is 43.1 Å². The summed E-state index contributed by atoms with van der Waals surface area (Å²) in [4.78, 5) is 0. The monoisotopic (exact) mass is 290 g/mol. The third kappa shape index (κ3) is 2.75. The molecule has 106 valence electrons. The molecule has 0 aliphatic carbocycles. The van der Waals surface area contributed by atoms with E-state index in [0.29, 0.717) is 11.4 Å². The summed E-state index contributed by atoms with van der Waals surface area (Å²) in [6, 6.07) is 5.14. The van der Waals surface area contributed by atoms with Crippen molar-refractivity contribution in [1.82, 2.24) is 14.8 Å². The predicted molar refractivity (Wildman–Crippen MR) is 79.7 cm³/mol. The number of thioether (sulfide) groups is 1. The largest absolute Gasteiger partial charge is 0.508 e. The zero-order valence-electron chi connectivity index (χ0n) is 11.2. The maximum atomic E-state index is 9.84. The molecule has 1 aromatic carbocycles. The zero-order chi connectivity index (χ0) is 13.9. The summed E-state index contributed by atoms with van der Waals surface area (Å²) in [5, 5.41) is 19.3. The quantitative estimate of drug-likeness (QED) is 0.516. The number of phenolic OH excluding ortho intramolecular Hbond substituents is 1. The standard InChI is InChI=1S/C14H18N4OS/c15-11-5-6-12(19)10(8-11)9-20-14-17-16-13-4-2-1-3-7-18(13)14/h5-6,8,19H,1-4,7,9,15H2. The molecule has 3 N–H and O–H groups in total. The van der Waals surface area contributed by atoms with E-state index in [-0.39, 0.29) is 5.75 Å². The molecule has 1 aromatic heterocycles. The Hall–Kier alpha value is -1.69. The number of aromatic nitrogens is 3. The second kappa shape index (κ2) is 5.75. The molecule has 0 radical (unpaired) electrons. The SMILES string of the molecule is Nc1ccc(O)c(CSc2nnc3n2CCCCC3)c1. The Labute approximate surface area is 122 Å². The van der Waals surface area contributed by atoms with Crippen LogP contribution in [0, 0.1) is 0 Å². The molecule has 3 rings (SSSR count). The van der Waals surface area contributed by atoms with E-state index in [1.54, 1.807) is 23.9 Å². The van der Waals surface area contributed by atoms with Gasteiger partial charge in [0.25, 0.3) is 0 Å². The van der Waals surface area contributed by atoms with Crippen LogP contribution >= 0.6 is 11.8 Å². The highest BCUT2D eigenvalue weighted by molar-refractivity contribution is 7.98. The molecule has 0 atom stereocenters. The Morgan fingerprint density at radius 1 is 1.25 bits per heavy atom. The lowest BCUT2D eigenvalue weighted by Gasteiger charge is -2.08. The minimum Gasteiger partial charge on any atom is -0.508 e. The van der Waals surface area contributed by atoms with Gasteiger partial charge in [-0.1, -0.05) is 18.2 Å². The van der Waals surface area contributed by atoms with E-state index in [4.69, 9.17) is 5.73 Å². The second-order valence-corrected chi connectivity index (χ2v) is 5.98. The van der Waals surface area contributed by atoms with Crippen molar-refractivity contribution in [3.8, 4) is 5.75 Å². The lowest BCUT2D eigenvalue weighted by molar-refractivity contribution is 0.470. The molecule has 0 unspecified atom stereocenters. The first-order chi connectivity index (χ1) is 9.74. The molecule has 20 heavy (non-hydrogen) atoms. The summed E-state index contributed by atoms with van der Waals surface area (Å²) in [7, 11) is 0. The Bertz CT molecular complexity index is 611. The number of aryl methyl sites for hydroxylation is 1. The minimum absolute atomic E-state index is 0.280. The fourth-order valence-corrected chi connectivity index (χ4v) is 3.40. The van der Waals surface area contributed by atoms with E-state index in [0.717, 1.165) is 29.5 Å². The van der Waals surface area contributed by atoms with Gasteiger partial charge >= 0.3 is 0 Å². The van der Waals surface area contributed by atoms with Crippen LogP contribution in [0.3, 0.4) is 0 Å². The first-order valence-corrected chi connectivity index (χ1v) is 7.85. The smallest absolute Gasteiger partial charge is 0.191 e. The van der Waals surface area contributed by atoms with Gasteiger partial charge in [0.2, 0.25) is 0 Å². The number of nitrogens with zero attached hydrogens (tertiary/aromatic N) is 3. The van der Waals surface area contributed by atoms with E-state index in [1.165, 1.54) is 19.3 Å². The lowest BCUT2D eigenvalue weighted by Crippen LogP contribution is -2.02. The van der Waals surface area contributed by atoms with E-state index in [1.807, 2.05) is 6.07 Å². The molecule has 0 saturated carbocycles. The summed E-state index contributed by atoms with van der Waals surface area (Å²) in [6.45, 7) is 0.994. The number of rotatable bonds is 3. The number of fused-ring (bicyclic) bond motifs is 1. The zero-order valence-corrected chi connectivity index (χ0v) is 12.1. The number of hydrogen-bond donors (Lipinski definition) is 2. The van der Waals surface area contributed by atoms with Crippen molar-refractivity contribution in [2.24, 2.45) is 0 Å². The number of phenols is 1. The van der Waals surface area contributed by atoms with Gasteiger partial charge in [0.1, 0.15) is 11.6 Å². The Balaban J connectivity index is 1.75. The first kappa shape index (κ1) is 13.3. The van der Waals surface area contributed by atoms with Crippen molar-refractivity contribution in [3.63, 3.8) is 0 Å². The molecular formula is C14H18N4OS. The Morgan fingerprint density at radius 3 is 3.05 bits per heavy atom. The highest BCUT2D eigenvalue weighted by Crippen LogP contribution is 2.29. The molecule has 5 nitrogen and oxygen atoms in total. The lowest BCUT2D eigenvalue weighted by atomic mass is 10.2. The van der Waals surface area contributed by atoms with Crippen molar-refractivity contribution in [3.05, 3.63) is 29.6 Å². The average molecular weight is 290 g/mol. The van der Waals surface area contributed by atoms with Crippen molar-refractivity contribution in [1.29, 1.82) is 0 Å². The van der Waals surface area contributed by atoms with Crippen LogP contribution in [0.5, 0.6) is 5.75 Å². The van der Waals surface area contributed by atoms with Gasteiger partial charge < -0.3 is 15.4 Å². The van der Waals surface area contributed by atoms with Gasteiger partial charge in [0, 0.05) is 30.0 Å². The highest BCUT2D eigenvalue weighted by atomic mass is 32.2. The summed E-state index contributed by atoms with van der Waals surface area (Å²) < 4.78 is 2.21. The van der Waals surface area contributed by atoms with Crippen LogP contribution in [-0.2, 0) is 18.7 Å². The Kier molecular flexibility index (Phi) is 3.82.